The standard InChI is InChI=1S/C27H36O6/c1-17(14-28)20-8-9-27(16-29)11-10-26(2)21(24(20)27)13-22(30)19(12-23(26)31)15-33-25(32)18-6-4-3-5-7-18/h3-7,12,17,21-23,28-31H,8-11,13-16H2,1-2H3. The van der Waals surface area contributed by atoms with Crippen LogP contribution in [-0.4, -0.2) is 58.4 Å². The molecule has 180 valence electrons. The van der Waals surface area contributed by atoms with Gasteiger partial charge in [-0.05, 0) is 55.7 Å². The predicted molar refractivity (Wildman–Crippen MR) is 124 cm³/mol. The molecule has 0 aliphatic heterocycles. The zero-order chi connectivity index (χ0) is 23.8. The first-order chi connectivity index (χ1) is 15.8. The van der Waals surface area contributed by atoms with Crippen molar-refractivity contribution in [1.29, 1.82) is 0 Å². The summed E-state index contributed by atoms with van der Waals surface area (Å²) in [6.45, 7) is 4.04. The molecule has 6 heteroatoms. The summed E-state index contributed by atoms with van der Waals surface area (Å²) in [7, 11) is 0. The molecule has 6 nitrogen and oxygen atoms in total. The van der Waals surface area contributed by atoms with E-state index >= 15 is 0 Å². The first-order valence-electron chi connectivity index (χ1n) is 12.0. The number of esters is 1. The van der Waals surface area contributed by atoms with E-state index in [9.17, 15) is 25.2 Å². The monoisotopic (exact) mass is 456 g/mol. The van der Waals surface area contributed by atoms with E-state index in [0.717, 1.165) is 31.3 Å². The van der Waals surface area contributed by atoms with Crippen LogP contribution in [-0.2, 0) is 4.74 Å². The number of aliphatic hydroxyl groups is 4. The fourth-order valence-corrected chi connectivity index (χ4v) is 6.29. The molecule has 3 aliphatic carbocycles. The Balaban J connectivity index is 1.62. The zero-order valence-corrected chi connectivity index (χ0v) is 19.5. The Labute approximate surface area is 195 Å². The lowest BCUT2D eigenvalue weighted by Gasteiger charge is -2.52. The Morgan fingerprint density at radius 2 is 1.88 bits per heavy atom. The van der Waals surface area contributed by atoms with Gasteiger partial charge in [0.25, 0.3) is 0 Å². The van der Waals surface area contributed by atoms with Crippen LogP contribution >= 0.6 is 0 Å². The van der Waals surface area contributed by atoms with E-state index in [2.05, 4.69) is 6.92 Å². The third-order valence-corrected chi connectivity index (χ3v) is 8.56. The minimum absolute atomic E-state index is 0.0208. The summed E-state index contributed by atoms with van der Waals surface area (Å²) in [5.74, 6) is -0.621. The molecular weight excluding hydrogens is 420 g/mol. The van der Waals surface area contributed by atoms with E-state index in [4.69, 9.17) is 4.74 Å². The number of carbonyl (C=O) groups is 1. The molecule has 4 rings (SSSR count). The van der Waals surface area contributed by atoms with Crippen LogP contribution in [0, 0.1) is 22.7 Å². The van der Waals surface area contributed by atoms with Gasteiger partial charge in [-0.15, -0.1) is 0 Å². The number of benzene rings is 1. The Morgan fingerprint density at radius 1 is 1.15 bits per heavy atom. The lowest BCUT2D eigenvalue weighted by Crippen LogP contribution is -2.48. The molecule has 6 unspecified atom stereocenters. The van der Waals surface area contributed by atoms with Gasteiger partial charge in [-0.2, -0.15) is 0 Å². The number of hydrogen-bond donors (Lipinski definition) is 4. The molecule has 0 amide bonds. The van der Waals surface area contributed by atoms with Gasteiger partial charge in [0.2, 0.25) is 0 Å². The van der Waals surface area contributed by atoms with Crippen molar-refractivity contribution in [2.24, 2.45) is 22.7 Å². The Bertz CT molecular complexity index is 937. The molecule has 33 heavy (non-hydrogen) atoms. The van der Waals surface area contributed by atoms with Crippen molar-refractivity contribution in [3.05, 3.63) is 58.7 Å². The summed E-state index contributed by atoms with van der Waals surface area (Å²) in [4.78, 5) is 12.4. The molecule has 4 N–H and O–H groups in total. The summed E-state index contributed by atoms with van der Waals surface area (Å²) < 4.78 is 5.47. The van der Waals surface area contributed by atoms with Crippen molar-refractivity contribution < 1.29 is 30.0 Å². The molecule has 1 fully saturated rings. The van der Waals surface area contributed by atoms with Crippen molar-refractivity contribution in [2.45, 2.75) is 58.2 Å². The van der Waals surface area contributed by atoms with E-state index in [1.807, 2.05) is 13.0 Å². The maximum absolute atomic E-state index is 12.4. The highest BCUT2D eigenvalue weighted by molar-refractivity contribution is 5.89. The molecule has 0 radical (unpaired) electrons. The Hall–Kier alpha value is -1.99. The minimum atomic E-state index is -0.872. The normalized spacial score (nSPS) is 34.7. The summed E-state index contributed by atoms with van der Waals surface area (Å²) in [6, 6.07) is 8.70. The van der Waals surface area contributed by atoms with Gasteiger partial charge in [-0.1, -0.05) is 49.3 Å². The van der Waals surface area contributed by atoms with E-state index in [1.165, 1.54) is 5.57 Å². The van der Waals surface area contributed by atoms with Crippen LogP contribution in [0.4, 0.5) is 0 Å². The number of hydrogen-bond acceptors (Lipinski definition) is 6. The van der Waals surface area contributed by atoms with Gasteiger partial charge < -0.3 is 25.2 Å². The predicted octanol–water partition coefficient (Wildman–Crippen LogP) is 3.01. The third-order valence-electron chi connectivity index (χ3n) is 8.56. The summed E-state index contributed by atoms with van der Waals surface area (Å²) in [5.41, 5.74) is 2.40. The topological polar surface area (TPSA) is 107 Å². The molecule has 6 atom stereocenters. The van der Waals surface area contributed by atoms with Crippen molar-refractivity contribution in [3.63, 3.8) is 0 Å². The van der Waals surface area contributed by atoms with Gasteiger partial charge in [0.1, 0.15) is 6.61 Å². The van der Waals surface area contributed by atoms with Crippen LogP contribution in [0.3, 0.4) is 0 Å². The summed E-state index contributed by atoms with van der Waals surface area (Å²) in [5, 5.41) is 42.7. The highest BCUT2D eigenvalue weighted by Gasteiger charge is 2.56. The van der Waals surface area contributed by atoms with Crippen molar-refractivity contribution in [1.82, 2.24) is 0 Å². The summed E-state index contributed by atoms with van der Waals surface area (Å²) in [6.07, 6.45) is 3.53. The Kier molecular flexibility index (Phi) is 6.83. The molecular formula is C27H36O6. The van der Waals surface area contributed by atoms with E-state index in [1.54, 1.807) is 30.3 Å². The van der Waals surface area contributed by atoms with E-state index in [0.29, 0.717) is 17.6 Å². The van der Waals surface area contributed by atoms with E-state index in [-0.39, 0.29) is 37.1 Å². The van der Waals surface area contributed by atoms with Crippen LogP contribution in [0.25, 0.3) is 0 Å². The van der Waals surface area contributed by atoms with Crippen molar-refractivity contribution >= 4 is 5.97 Å². The number of aliphatic hydroxyl groups excluding tert-OH is 4. The highest BCUT2D eigenvalue weighted by Crippen LogP contribution is 2.63. The van der Waals surface area contributed by atoms with Crippen LogP contribution in [0.1, 0.15) is 56.3 Å². The van der Waals surface area contributed by atoms with Gasteiger partial charge in [0.15, 0.2) is 0 Å². The highest BCUT2D eigenvalue weighted by atomic mass is 16.5. The van der Waals surface area contributed by atoms with Gasteiger partial charge in [-0.25, -0.2) is 4.79 Å². The molecule has 1 saturated carbocycles. The zero-order valence-electron chi connectivity index (χ0n) is 19.5. The fraction of sp³-hybridized carbons (Fsp3) is 0.593. The summed E-state index contributed by atoms with van der Waals surface area (Å²) >= 11 is 0. The van der Waals surface area contributed by atoms with Gasteiger partial charge >= 0.3 is 5.97 Å². The maximum atomic E-state index is 12.4. The second-order valence-corrected chi connectivity index (χ2v) is 10.4. The third kappa shape index (κ3) is 4.18. The average molecular weight is 457 g/mol. The first kappa shape index (κ1) is 24.1. The van der Waals surface area contributed by atoms with Crippen LogP contribution in [0.2, 0.25) is 0 Å². The van der Waals surface area contributed by atoms with Crippen LogP contribution in [0.15, 0.2) is 53.1 Å². The molecule has 0 aromatic heterocycles. The Morgan fingerprint density at radius 3 is 2.55 bits per heavy atom. The fourth-order valence-electron chi connectivity index (χ4n) is 6.29. The molecule has 0 saturated heterocycles. The lowest BCUT2D eigenvalue weighted by molar-refractivity contribution is -0.0290. The second-order valence-electron chi connectivity index (χ2n) is 10.4. The van der Waals surface area contributed by atoms with E-state index < -0.39 is 23.6 Å². The maximum Gasteiger partial charge on any atom is 0.338 e. The molecule has 0 spiro atoms. The smallest absolute Gasteiger partial charge is 0.338 e. The minimum Gasteiger partial charge on any atom is -0.457 e. The number of rotatable bonds is 6. The second kappa shape index (κ2) is 9.34. The van der Waals surface area contributed by atoms with Crippen LogP contribution < -0.4 is 0 Å². The molecule has 3 aliphatic rings. The molecule has 1 aromatic carbocycles. The van der Waals surface area contributed by atoms with Crippen LogP contribution in [0.5, 0.6) is 0 Å². The lowest BCUT2D eigenvalue weighted by atomic mass is 9.54. The first-order valence-corrected chi connectivity index (χ1v) is 12.0. The van der Waals surface area contributed by atoms with Gasteiger partial charge in [-0.3, -0.25) is 0 Å². The molecule has 0 heterocycles. The molecule has 1 aromatic rings. The van der Waals surface area contributed by atoms with Gasteiger partial charge in [0, 0.05) is 23.4 Å². The van der Waals surface area contributed by atoms with Crippen molar-refractivity contribution in [3.8, 4) is 0 Å². The number of carbonyl (C=O) groups excluding carboxylic acids is 1. The quantitative estimate of drug-likeness (QED) is 0.387. The largest absolute Gasteiger partial charge is 0.457 e. The van der Waals surface area contributed by atoms with Gasteiger partial charge in [0.05, 0.1) is 24.4 Å². The molecule has 0 bridgehead atoms. The van der Waals surface area contributed by atoms with Crippen molar-refractivity contribution in [2.75, 3.05) is 19.8 Å². The SMILES string of the molecule is CC(CO)C1=C2C3CC(O)C(COC(=O)c4ccccc4)=CC(O)C3(C)CCC2(CO)CC1. The number of ether oxygens (including phenoxy) is 1. The average Bonchev–Trinajstić information content (AvgIpc) is 3.19. The number of fused-ring (bicyclic) bond motifs is 3.